The molecule has 5 heteroatoms. The number of benzene rings is 1. The number of ether oxygens (including phenoxy) is 1. The van der Waals surface area contributed by atoms with E-state index in [1.807, 2.05) is 32.9 Å². The molecule has 22 heavy (non-hydrogen) atoms. The standard InChI is InChI=1S/C17H25ClN2O2/c1-13(14-5-7-15(18)8-6-14)19-9-11-20(12-10-19)16(21)22-17(2,3)4/h5-8,13H,9-12H2,1-4H3. The maximum absolute atomic E-state index is 12.1. The van der Waals surface area contributed by atoms with Crippen LogP contribution in [0.1, 0.15) is 39.3 Å². The highest BCUT2D eigenvalue weighted by molar-refractivity contribution is 6.30. The van der Waals surface area contributed by atoms with Crippen LogP contribution in [0.25, 0.3) is 0 Å². The second-order valence-electron chi connectivity index (χ2n) is 6.73. The average Bonchev–Trinajstić information content (AvgIpc) is 2.46. The fraction of sp³-hybridized carbons (Fsp3) is 0.588. The smallest absolute Gasteiger partial charge is 0.410 e. The van der Waals surface area contributed by atoms with Gasteiger partial charge in [0.25, 0.3) is 0 Å². The quantitative estimate of drug-likeness (QED) is 0.825. The Hall–Kier alpha value is -1.26. The molecule has 1 aliphatic rings. The number of nitrogens with zero attached hydrogens (tertiary/aromatic N) is 2. The molecular weight excluding hydrogens is 300 g/mol. The van der Waals surface area contributed by atoms with Crippen molar-refractivity contribution >= 4 is 17.7 Å². The predicted molar refractivity (Wildman–Crippen MR) is 89.2 cm³/mol. The van der Waals surface area contributed by atoms with Gasteiger partial charge in [0.15, 0.2) is 0 Å². The first-order valence-corrected chi connectivity index (χ1v) is 8.11. The largest absolute Gasteiger partial charge is 0.444 e. The van der Waals surface area contributed by atoms with Gasteiger partial charge < -0.3 is 9.64 Å². The van der Waals surface area contributed by atoms with Crippen LogP contribution in [0.3, 0.4) is 0 Å². The number of hydrogen-bond donors (Lipinski definition) is 0. The summed E-state index contributed by atoms with van der Waals surface area (Å²) in [6.07, 6.45) is -0.216. The van der Waals surface area contributed by atoms with Crippen LogP contribution in [0.4, 0.5) is 4.79 Å². The molecule has 0 aromatic heterocycles. The highest BCUT2D eigenvalue weighted by atomic mass is 35.5. The Bertz CT molecular complexity index is 502. The van der Waals surface area contributed by atoms with Gasteiger partial charge in [-0.05, 0) is 45.4 Å². The predicted octanol–water partition coefficient (Wildman–Crippen LogP) is 3.95. The van der Waals surface area contributed by atoms with Crippen LogP contribution in [0.5, 0.6) is 0 Å². The van der Waals surface area contributed by atoms with E-state index in [2.05, 4.69) is 24.0 Å². The fourth-order valence-electron chi connectivity index (χ4n) is 2.57. The summed E-state index contributed by atoms with van der Waals surface area (Å²) < 4.78 is 5.42. The highest BCUT2D eigenvalue weighted by Crippen LogP contribution is 2.23. The van der Waals surface area contributed by atoms with Gasteiger partial charge in [0.05, 0.1) is 0 Å². The molecule has 0 radical (unpaired) electrons. The van der Waals surface area contributed by atoms with Crippen molar-refractivity contribution < 1.29 is 9.53 Å². The lowest BCUT2D eigenvalue weighted by Gasteiger charge is -2.38. The van der Waals surface area contributed by atoms with Gasteiger partial charge in [-0.15, -0.1) is 0 Å². The van der Waals surface area contributed by atoms with Gasteiger partial charge in [0, 0.05) is 37.2 Å². The lowest BCUT2D eigenvalue weighted by atomic mass is 10.1. The van der Waals surface area contributed by atoms with Crippen molar-refractivity contribution in [1.29, 1.82) is 0 Å². The van der Waals surface area contributed by atoms with E-state index in [4.69, 9.17) is 16.3 Å². The zero-order valence-electron chi connectivity index (χ0n) is 13.8. The molecule has 1 atom stereocenters. The first-order chi connectivity index (χ1) is 10.3. The molecule has 2 rings (SSSR count). The van der Waals surface area contributed by atoms with Crippen LogP contribution in [0, 0.1) is 0 Å². The number of piperazine rings is 1. The number of rotatable bonds is 2. The summed E-state index contributed by atoms with van der Waals surface area (Å²) in [6.45, 7) is 11.0. The van der Waals surface area contributed by atoms with Gasteiger partial charge in [-0.1, -0.05) is 23.7 Å². The van der Waals surface area contributed by atoms with E-state index < -0.39 is 5.60 Å². The summed E-state index contributed by atoms with van der Waals surface area (Å²) in [7, 11) is 0. The van der Waals surface area contributed by atoms with Gasteiger partial charge in [-0.2, -0.15) is 0 Å². The van der Waals surface area contributed by atoms with Crippen molar-refractivity contribution in [3.05, 3.63) is 34.9 Å². The summed E-state index contributed by atoms with van der Waals surface area (Å²) in [6, 6.07) is 8.29. The Kier molecular flexibility index (Phi) is 5.35. The van der Waals surface area contributed by atoms with Gasteiger partial charge in [0.1, 0.15) is 5.60 Å². The van der Waals surface area contributed by atoms with Crippen LogP contribution >= 0.6 is 11.6 Å². The summed E-state index contributed by atoms with van der Waals surface area (Å²) in [4.78, 5) is 16.2. The summed E-state index contributed by atoms with van der Waals surface area (Å²) >= 11 is 5.94. The average molecular weight is 325 g/mol. The summed E-state index contributed by atoms with van der Waals surface area (Å²) in [5.74, 6) is 0. The minimum atomic E-state index is -0.440. The first kappa shape index (κ1) is 17.1. The number of halogens is 1. The number of amides is 1. The van der Waals surface area contributed by atoms with Crippen LogP contribution in [0.15, 0.2) is 24.3 Å². The molecule has 1 heterocycles. The van der Waals surface area contributed by atoms with Crippen molar-refractivity contribution in [3.8, 4) is 0 Å². The SMILES string of the molecule is CC(c1ccc(Cl)cc1)N1CCN(C(=O)OC(C)(C)C)CC1. The van der Waals surface area contributed by atoms with E-state index in [1.54, 1.807) is 4.90 Å². The lowest BCUT2D eigenvalue weighted by Crippen LogP contribution is -2.50. The Balaban J connectivity index is 1.89. The van der Waals surface area contributed by atoms with E-state index in [0.29, 0.717) is 19.1 Å². The topological polar surface area (TPSA) is 32.8 Å². The minimum absolute atomic E-state index is 0.216. The number of hydrogen-bond acceptors (Lipinski definition) is 3. The molecule has 1 fully saturated rings. The monoisotopic (exact) mass is 324 g/mol. The van der Waals surface area contributed by atoms with Crippen LogP contribution < -0.4 is 0 Å². The lowest BCUT2D eigenvalue weighted by molar-refractivity contribution is 0.0110. The van der Waals surface area contributed by atoms with Gasteiger partial charge in [-0.25, -0.2) is 4.79 Å². The maximum atomic E-state index is 12.1. The van der Waals surface area contributed by atoms with E-state index in [-0.39, 0.29) is 6.09 Å². The summed E-state index contributed by atoms with van der Waals surface area (Å²) in [5.41, 5.74) is 0.806. The van der Waals surface area contributed by atoms with Gasteiger partial charge in [-0.3, -0.25) is 4.90 Å². The Morgan fingerprint density at radius 2 is 1.68 bits per heavy atom. The third-order valence-electron chi connectivity index (χ3n) is 3.87. The number of carbonyl (C=O) groups is 1. The molecule has 1 saturated heterocycles. The molecule has 1 aromatic rings. The van der Waals surface area contributed by atoms with Gasteiger partial charge in [0.2, 0.25) is 0 Å². The van der Waals surface area contributed by atoms with E-state index in [1.165, 1.54) is 5.56 Å². The normalized spacial score (nSPS) is 18.1. The van der Waals surface area contributed by atoms with E-state index in [0.717, 1.165) is 18.1 Å². The van der Waals surface area contributed by atoms with Crippen molar-refractivity contribution in [2.75, 3.05) is 26.2 Å². The zero-order valence-corrected chi connectivity index (χ0v) is 14.6. The second kappa shape index (κ2) is 6.88. The summed E-state index contributed by atoms with van der Waals surface area (Å²) in [5, 5.41) is 0.755. The molecule has 1 amide bonds. The van der Waals surface area contributed by atoms with Gasteiger partial charge >= 0.3 is 6.09 Å². The van der Waals surface area contributed by atoms with Crippen molar-refractivity contribution in [2.45, 2.75) is 39.3 Å². The van der Waals surface area contributed by atoms with E-state index >= 15 is 0 Å². The molecule has 0 saturated carbocycles. The van der Waals surface area contributed by atoms with Crippen molar-refractivity contribution in [1.82, 2.24) is 9.80 Å². The molecular formula is C17H25ClN2O2. The Morgan fingerprint density at radius 3 is 2.18 bits per heavy atom. The molecule has 0 bridgehead atoms. The Labute approximate surface area is 138 Å². The molecule has 0 aliphatic carbocycles. The van der Waals surface area contributed by atoms with Crippen molar-refractivity contribution in [3.63, 3.8) is 0 Å². The minimum Gasteiger partial charge on any atom is -0.444 e. The van der Waals surface area contributed by atoms with Crippen molar-refractivity contribution in [2.24, 2.45) is 0 Å². The first-order valence-electron chi connectivity index (χ1n) is 7.74. The molecule has 1 aromatic carbocycles. The fourth-order valence-corrected chi connectivity index (χ4v) is 2.70. The van der Waals surface area contributed by atoms with Crippen LogP contribution in [-0.2, 0) is 4.74 Å². The number of carbonyl (C=O) groups excluding carboxylic acids is 1. The zero-order chi connectivity index (χ0) is 16.3. The van der Waals surface area contributed by atoms with Crippen LogP contribution in [-0.4, -0.2) is 47.7 Å². The third kappa shape index (κ3) is 4.62. The second-order valence-corrected chi connectivity index (χ2v) is 7.17. The maximum Gasteiger partial charge on any atom is 0.410 e. The highest BCUT2D eigenvalue weighted by Gasteiger charge is 2.27. The molecule has 0 spiro atoms. The molecule has 1 unspecified atom stereocenters. The molecule has 4 nitrogen and oxygen atoms in total. The molecule has 1 aliphatic heterocycles. The third-order valence-corrected chi connectivity index (χ3v) is 4.12. The molecule has 122 valence electrons. The van der Waals surface area contributed by atoms with E-state index in [9.17, 15) is 4.79 Å². The van der Waals surface area contributed by atoms with Crippen LogP contribution in [0.2, 0.25) is 5.02 Å². The Morgan fingerprint density at radius 1 is 1.14 bits per heavy atom. The molecule has 0 N–H and O–H groups in total.